The number of aliphatic hydroxyl groups excluding tert-OH is 1. The van der Waals surface area contributed by atoms with Gasteiger partial charge < -0.3 is 19.3 Å². The van der Waals surface area contributed by atoms with Gasteiger partial charge in [0.25, 0.3) is 0 Å². The number of hydrogen-bond donors (Lipinski definition) is 1. The van der Waals surface area contributed by atoms with E-state index in [4.69, 9.17) is 14.2 Å². The summed E-state index contributed by atoms with van der Waals surface area (Å²) in [4.78, 5) is 2.18. The molecule has 114 valence electrons. The molecule has 6 heteroatoms. The van der Waals surface area contributed by atoms with Crippen LogP contribution in [-0.4, -0.2) is 62.7 Å². The van der Waals surface area contributed by atoms with Crippen LogP contribution >= 0.6 is 12.4 Å². The van der Waals surface area contributed by atoms with Crippen molar-refractivity contribution in [2.45, 2.75) is 6.10 Å². The Morgan fingerprint density at radius 1 is 1.25 bits per heavy atom. The third-order valence-electron chi connectivity index (χ3n) is 3.07. The molecule has 1 saturated heterocycles. The normalized spacial score (nSPS) is 17.1. The van der Waals surface area contributed by atoms with Crippen molar-refractivity contribution in [3.63, 3.8) is 0 Å². The Balaban J connectivity index is 0.00000200. The van der Waals surface area contributed by atoms with E-state index in [-0.39, 0.29) is 19.0 Å². The number of ether oxygens (including phenoxy) is 3. The molecule has 1 fully saturated rings. The second-order valence-corrected chi connectivity index (χ2v) is 4.53. The summed E-state index contributed by atoms with van der Waals surface area (Å²) in [7, 11) is 1.60. The summed E-state index contributed by atoms with van der Waals surface area (Å²) < 4.78 is 16.1. The van der Waals surface area contributed by atoms with E-state index < -0.39 is 6.10 Å². The SMILES string of the molecule is COc1ccccc1OCC(O)CN1CCOCC1.Cl. The van der Waals surface area contributed by atoms with E-state index in [1.165, 1.54) is 0 Å². The van der Waals surface area contributed by atoms with Crippen LogP contribution in [-0.2, 0) is 4.74 Å². The smallest absolute Gasteiger partial charge is 0.161 e. The zero-order valence-electron chi connectivity index (χ0n) is 11.7. The second kappa shape index (κ2) is 9.02. The maximum absolute atomic E-state index is 9.98. The Bertz CT molecular complexity index is 385. The van der Waals surface area contributed by atoms with Gasteiger partial charge in [-0.1, -0.05) is 12.1 Å². The van der Waals surface area contributed by atoms with Gasteiger partial charge in [0, 0.05) is 19.6 Å². The second-order valence-electron chi connectivity index (χ2n) is 4.53. The van der Waals surface area contributed by atoms with Crippen LogP contribution in [0.5, 0.6) is 11.5 Å². The number of benzene rings is 1. The average Bonchev–Trinajstić information content (AvgIpc) is 2.46. The van der Waals surface area contributed by atoms with Crippen LogP contribution in [0.25, 0.3) is 0 Å². The molecule has 1 aliphatic heterocycles. The zero-order valence-corrected chi connectivity index (χ0v) is 12.5. The van der Waals surface area contributed by atoms with Crippen molar-refractivity contribution in [3.8, 4) is 11.5 Å². The molecule has 20 heavy (non-hydrogen) atoms. The highest BCUT2D eigenvalue weighted by Crippen LogP contribution is 2.25. The number of β-amino-alcohol motifs (C(OH)–C–C–N with tert-alkyl or cyclic N) is 1. The lowest BCUT2D eigenvalue weighted by Crippen LogP contribution is -2.42. The molecular formula is C14H22ClNO4. The maximum Gasteiger partial charge on any atom is 0.161 e. The monoisotopic (exact) mass is 303 g/mol. The van der Waals surface area contributed by atoms with Gasteiger partial charge in [-0.2, -0.15) is 0 Å². The molecule has 1 unspecified atom stereocenters. The number of nitrogens with zero attached hydrogens (tertiary/aromatic N) is 1. The highest BCUT2D eigenvalue weighted by atomic mass is 35.5. The van der Waals surface area contributed by atoms with Crippen molar-refractivity contribution in [3.05, 3.63) is 24.3 Å². The van der Waals surface area contributed by atoms with Crippen molar-refractivity contribution in [1.29, 1.82) is 0 Å². The van der Waals surface area contributed by atoms with Gasteiger partial charge in [-0.15, -0.1) is 12.4 Å². The minimum Gasteiger partial charge on any atom is -0.493 e. The summed E-state index contributed by atoms with van der Waals surface area (Å²) in [5.41, 5.74) is 0. The third-order valence-corrected chi connectivity index (χ3v) is 3.07. The van der Waals surface area contributed by atoms with Gasteiger partial charge in [-0.25, -0.2) is 0 Å². The molecule has 1 aliphatic rings. The number of hydrogen-bond acceptors (Lipinski definition) is 5. The first-order valence-corrected chi connectivity index (χ1v) is 6.53. The molecule has 0 saturated carbocycles. The van der Waals surface area contributed by atoms with E-state index in [0.29, 0.717) is 18.0 Å². The molecule has 1 aromatic carbocycles. The lowest BCUT2D eigenvalue weighted by molar-refractivity contribution is 0.00445. The molecular weight excluding hydrogens is 282 g/mol. The summed E-state index contributed by atoms with van der Waals surface area (Å²) in [6.07, 6.45) is -0.511. The molecule has 5 nitrogen and oxygen atoms in total. The Labute approximate surface area is 125 Å². The standard InChI is InChI=1S/C14H21NO4.ClH/c1-17-13-4-2-3-5-14(13)19-11-12(16)10-15-6-8-18-9-7-15;/h2-5,12,16H,6-11H2,1H3;1H. The molecule has 1 aromatic rings. The fraction of sp³-hybridized carbons (Fsp3) is 0.571. The number of para-hydroxylation sites is 2. The Morgan fingerprint density at radius 2 is 1.90 bits per heavy atom. The summed E-state index contributed by atoms with van der Waals surface area (Å²) in [5, 5.41) is 9.98. The van der Waals surface area contributed by atoms with Crippen molar-refractivity contribution in [2.75, 3.05) is 46.6 Å². The Kier molecular flexibility index (Phi) is 7.69. The number of morpholine rings is 1. The number of methoxy groups -OCH3 is 1. The summed E-state index contributed by atoms with van der Waals surface area (Å²) in [6.45, 7) is 4.08. The highest BCUT2D eigenvalue weighted by molar-refractivity contribution is 5.85. The van der Waals surface area contributed by atoms with Gasteiger partial charge in [-0.05, 0) is 12.1 Å². The third kappa shape index (κ3) is 5.17. The van der Waals surface area contributed by atoms with Crippen molar-refractivity contribution in [2.24, 2.45) is 0 Å². The average molecular weight is 304 g/mol. The lowest BCUT2D eigenvalue weighted by Gasteiger charge is -2.28. The Morgan fingerprint density at radius 3 is 2.55 bits per heavy atom. The van der Waals surface area contributed by atoms with Gasteiger partial charge in [0.2, 0.25) is 0 Å². The highest BCUT2D eigenvalue weighted by Gasteiger charge is 2.15. The molecule has 0 spiro atoms. The zero-order chi connectivity index (χ0) is 13.5. The number of aliphatic hydroxyl groups is 1. The fourth-order valence-corrected chi connectivity index (χ4v) is 2.06. The first-order chi connectivity index (χ1) is 9.29. The molecule has 1 heterocycles. The van der Waals surface area contributed by atoms with Crippen molar-refractivity contribution in [1.82, 2.24) is 4.90 Å². The maximum atomic E-state index is 9.98. The molecule has 1 atom stereocenters. The predicted molar refractivity (Wildman–Crippen MR) is 79.0 cm³/mol. The minimum atomic E-state index is -0.511. The van der Waals surface area contributed by atoms with Crippen LogP contribution < -0.4 is 9.47 Å². The van der Waals surface area contributed by atoms with Gasteiger partial charge in [0.05, 0.1) is 20.3 Å². The van der Waals surface area contributed by atoms with Gasteiger partial charge in [-0.3, -0.25) is 4.90 Å². The Hall–Kier alpha value is -1.01. The van der Waals surface area contributed by atoms with Crippen molar-refractivity contribution < 1.29 is 19.3 Å². The molecule has 2 rings (SSSR count). The van der Waals surface area contributed by atoms with Crippen LogP contribution in [0.1, 0.15) is 0 Å². The molecule has 0 bridgehead atoms. The van der Waals surface area contributed by atoms with E-state index in [0.717, 1.165) is 26.3 Å². The molecule has 0 aliphatic carbocycles. The van der Waals surface area contributed by atoms with Crippen LogP contribution in [0.3, 0.4) is 0 Å². The van der Waals surface area contributed by atoms with E-state index >= 15 is 0 Å². The number of halogens is 1. The fourth-order valence-electron chi connectivity index (χ4n) is 2.06. The molecule has 0 radical (unpaired) electrons. The first kappa shape index (κ1) is 17.0. The molecule has 1 N–H and O–H groups in total. The van der Waals surface area contributed by atoms with Gasteiger partial charge in [0.1, 0.15) is 12.7 Å². The van der Waals surface area contributed by atoms with Gasteiger partial charge in [0.15, 0.2) is 11.5 Å². The van der Waals surface area contributed by atoms with Crippen LogP contribution in [0.15, 0.2) is 24.3 Å². The minimum absolute atomic E-state index is 0. The van der Waals surface area contributed by atoms with E-state index in [2.05, 4.69) is 4.90 Å². The predicted octanol–water partition coefficient (Wildman–Crippen LogP) is 1.19. The summed E-state index contributed by atoms with van der Waals surface area (Å²) in [6, 6.07) is 7.44. The lowest BCUT2D eigenvalue weighted by atomic mass is 10.3. The van der Waals surface area contributed by atoms with E-state index in [1.54, 1.807) is 7.11 Å². The quantitative estimate of drug-likeness (QED) is 0.855. The van der Waals surface area contributed by atoms with E-state index in [9.17, 15) is 5.11 Å². The van der Waals surface area contributed by atoms with E-state index in [1.807, 2.05) is 24.3 Å². The van der Waals surface area contributed by atoms with Crippen LogP contribution in [0, 0.1) is 0 Å². The van der Waals surface area contributed by atoms with Crippen molar-refractivity contribution >= 4 is 12.4 Å². The summed E-state index contributed by atoms with van der Waals surface area (Å²) in [5.74, 6) is 1.34. The summed E-state index contributed by atoms with van der Waals surface area (Å²) >= 11 is 0. The molecule has 0 amide bonds. The van der Waals surface area contributed by atoms with Crippen LogP contribution in [0.2, 0.25) is 0 Å². The molecule has 0 aromatic heterocycles. The van der Waals surface area contributed by atoms with Crippen LogP contribution in [0.4, 0.5) is 0 Å². The number of rotatable bonds is 6. The largest absolute Gasteiger partial charge is 0.493 e. The van der Waals surface area contributed by atoms with Gasteiger partial charge >= 0.3 is 0 Å². The first-order valence-electron chi connectivity index (χ1n) is 6.53. The topological polar surface area (TPSA) is 51.2 Å².